The zero-order valence-corrected chi connectivity index (χ0v) is 10.4. The van der Waals surface area contributed by atoms with Crippen LogP contribution in [0.1, 0.15) is 15.4 Å². The molecule has 0 saturated carbocycles. The molecule has 0 fully saturated rings. The number of benzene rings is 1. The topological polar surface area (TPSA) is 56.0 Å². The molecule has 0 aliphatic carbocycles. The van der Waals surface area contributed by atoms with Gasteiger partial charge in [-0.3, -0.25) is 4.79 Å². The number of carbonyl (C=O) groups excluding carboxylic acids is 1. The Morgan fingerprint density at radius 1 is 1.47 bits per heavy atom. The standard InChI is InChI=1S/C11H9FN2OS2/c12-8-4-2-1-3-7(8)6-16-9-5-14-11(17-9)10(13)15/h1-5H,6H2,(H2,13,15). The Balaban J connectivity index is 2.02. The van der Waals surface area contributed by atoms with E-state index in [1.54, 1.807) is 24.4 Å². The molecule has 2 aromatic rings. The van der Waals surface area contributed by atoms with Crippen LogP contribution in [0.25, 0.3) is 0 Å². The molecule has 1 aromatic heterocycles. The summed E-state index contributed by atoms with van der Waals surface area (Å²) in [5.41, 5.74) is 5.73. The Kier molecular flexibility index (Phi) is 3.75. The number of thioether (sulfide) groups is 1. The molecule has 0 unspecified atom stereocenters. The predicted octanol–water partition coefficient (Wildman–Crippen LogP) is 2.67. The van der Waals surface area contributed by atoms with Gasteiger partial charge in [0.25, 0.3) is 5.91 Å². The molecule has 17 heavy (non-hydrogen) atoms. The molecule has 0 saturated heterocycles. The lowest BCUT2D eigenvalue weighted by molar-refractivity contribution is 0.1000. The summed E-state index contributed by atoms with van der Waals surface area (Å²) in [7, 11) is 0. The van der Waals surface area contributed by atoms with Gasteiger partial charge in [-0.15, -0.1) is 23.1 Å². The molecule has 0 atom stereocenters. The van der Waals surface area contributed by atoms with E-state index >= 15 is 0 Å². The summed E-state index contributed by atoms with van der Waals surface area (Å²) in [6.45, 7) is 0. The van der Waals surface area contributed by atoms with Gasteiger partial charge in [0.2, 0.25) is 0 Å². The Morgan fingerprint density at radius 2 is 2.24 bits per heavy atom. The van der Waals surface area contributed by atoms with Crippen LogP contribution in [0.3, 0.4) is 0 Å². The second kappa shape index (κ2) is 5.29. The molecule has 88 valence electrons. The summed E-state index contributed by atoms with van der Waals surface area (Å²) in [5.74, 6) is -0.250. The van der Waals surface area contributed by atoms with Crippen LogP contribution >= 0.6 is 23.1 Å². The number of nitrogens with two attached hydrogens (primary N) is 1. The predicted molar refractivity (Wildman–Crippen MR) is 66.6 cm³/mol. The van der Waals surface area contributed by atoms with E-state index in [4.69, 9.17) is 5.73 Å². The molecule has 0 bridgehead atoms. The van der Waals surface area contributed by atoms with Crippen molar-refractivity contribution in [1.82, 2.24) is 4.98 Å². The minimum atomic E-state index is -0.534. The van der Waals surface area contributed by atoms with Gasteiger partial charge in [0.05, 0.1) is 10.4 Å². The lowest BCUT2D eigenvalue weighted by Crippen LogP contribution is -2.09. The monoisotopic (exact) mass is 268 g/mol. The van der Waals surface area contributed by atoms with Crippen molar-refractivity contribution in [1.29, 1.82) is 0 Å². The van der Waals surface area contributed by atoms with Crippen LogP contribution in [-0.4, -0.2) is 10.9 Å². The van der Waals surface area contributed by atoms with Crippen LogP contribution in [0.2, 0.25) is 0 Å². The average Bonchev–Trinajstić information content (AvgIpc) is 2.77. The van der Waals surface area contributed by atoms with E-state index < -0.39 is 5.91 Å². The van der Waals surface area contributed by atoms with Crippen molar-refractivity contribution in [3.05, 3.63) is 46.9 Å². The van der Waals surface area contributed by atoms with Gasteiger partial charge in [0.15, 0.2) is 5.01 Å². The normalized spacial score (nSPS) is 10.4. The van der Waals surface area contributed by atoms with Crippen LogP contribution in [-0.2, 0) is 5.75 Å². The third kappa shape index (κ3) is 3.04. The first kappa shape index (κ1) is 12.1. The zero-order chi connectivity index (χ0) is 12.3. The minimum absolute atomic E-state index is 0.223. The fraction of sp³-hybridized carbons (Fsp3) is 0.0909. The third-order valence-electron chi connectivity index (χ3n) is 2.02. The molecular weight excluding hydrogens is 259 g/mol. The van der Waals surface area contributed by atoms with Crippen LogP contribution < -0.4 is 5.73 Å². The number of thiazole rings is 1. The molecule has 0 radical (unpaired) electrons. The van der Waals surface area contributed by atoms with Crippen LogP contribution in [0.4, 0.5) is 4.39 Å². The zero-order valence-electron chi connectivity index (χ0n) is 8.72. The van der Waals surface area contributed by atoms with E-state index in [0.717, 1.165) is 4.21 Å². The van der Waals surface area contributed by atoms with E-state index in [2.05, 4.69) is 4.98 Å². The van der Waals surface area contributed by atoms with E-state index in [1.807, 2.05) is 0 Å². The summed E-state index contributed by atoms with van der Waals surface area (Å²) in [6, 6.07) is 6.61. The van der Waals surface area contributed by atoms with Crippen molar-refractivity contribution in [2.24, 2.45) is 5.73 Å². The highest BCUT2D eigenvalue weighted by molar-refractivity contribution is 8.00. The number of nitrogens with zero attached hydrogens (tertiary/aromatic N) is 1. The molecule has 3 nitrogen and oxygen atoms in total. The summed E-state index contributed by atoms with van der Waals surface area (Å²) >= 11 is 2.66. The molecule has 0 aliphatic rings. The van der Waals surface area contributed by atoms with Gasteiger partial charge in [0.1, 0.15) is 5.82 Å². The van der Waals surface area contributed by atoms with Crippen molar-refractivity contribution in [2.45, 2.75) is 9.96 Å². The second-order valence-corrected chi connectivity index (χ2v) is 5.54. The first-order valence-corrected chi connectivity index (χ1v) is 6.59. The molecule has 1 heterocycles. The number of aromatic nitrogens is 1. The summed E-state index contributed by atoms with van der Waals surface area (Å²) in [4.78, 5) is 14.7. The number of hydrogen-bond acceptors (Lipinski definition) is 4. The quantitative estimate of drug-likeness (QED) is 0.867. The highest BCUT2D eigenvalue weighted by Crippen LogP contribution is 2.28. The molecule has 1 amide bonds. The summed E-state index contributed by atoms with van der Waals surface area (Å²) < 4.78 is 14.2. The van der Waals surface area contributed by atoms with Crippen molar-refractivity contribution >= 4 is 29.0 Å². The van der Waals surface area contributed by atoms with E-state index in [-0.39, 0.29) is 10.8 Å². The number of amides is 1. The van der Waals surface area contributed by atoms with Gasteiger partial charge >= 0.3 is 0 Å². The largest absolute Gasteiger partial charge is 0.364 e. The maximum absolute atomic E-state index is 13.3. The van der Waals surface area contributed by atoms with Crippen LogP contribution in [0.15, 0.2) is 34.7 Å². The van der Waals surface area contributed by atoms with Crippen molar-refractivity contribution < 1.29 is 9.18 Å². The van der Waals surface area contributed by atoms with Gasteiger partial charge in [-0.1, -0.05) is 18.2 Å². The lowest BCUT2D eigenvalue weighted by atomic mass is 10.2. The highest BCUT2D eigenvalue weighted by Gasteiger charge is 2.08. The first-order chi connectivity index (χ1) is 8.16. The molecule has 2 N–H and O–H groups in total. The highest BCUT2D eigenvalue weighted by atomic mass is 32.2. The first-order valence-electron chi connectivity index (χ1n) is 4.78. The molecule has 6 heteroatoms. The second-order valence-electron chi connectivity index (χ2n) is 3.23. The van der Waals surface area contributed by atoms with E-state index in [9.17, 15) is 9.18 Å². The van der Waals surface area contributed by atoms with Gasteiger partial charge in [-0.2, -0.15) is 0 Å². The van der Waals surface area contributed by atoms with E-state index in [0.29, 0.717) is 11.3 Å². The Labute approximate surface area is 106 Å². The molecule has 1 aromatic carbocycles. The minimum Gasteiger partial charge on any atom is -0.364 e. The van der Waals surface area contributed by atoms with Gasteiger partial charge in [-0.25, -0.2) is 9.37 Å². The fourth-order valence-corrected chi connectivity index (χ4v) is 3.01. The average molecular weight is 268 g/mol. The lowest BCUT2D eigenvalue weighted by Gasteiger charge is -2.00. The number of rotatable bonds is 4. The van der Waals surface area contributed by atoms with Gasteiger partial charge < -0.3 is 5.73 Å². The summed E-state index contributed by atoms with van der Waals surface area (Å²) in [5, 5.41) is 0.279. The fourth-order valence-electron chi connectivity index (χ4n) is 1.20. The van der Waals surface area contributed by atoms with Crippen molar-refractivity contribution in [3.8, 4) is 0 Å². The maximum Gasteiger partial charge on any atom is 0.277 e. The number of primary amides is 1. The maximum atomic E-state index is 13.3. The van der Waals surface area contributed by atoms with Gasteiger partial charge in [-0.05, 0) is 11.6 Å². The van der Waals surface area contributed by atoms with Crippen LogP contribution in [0.5, 0.6) is 0 Å². The third-order valence-corrected chi connectivity index (χ3v) is 4.28. The van der Waals surface area contributed by atoms with Gasteiger partial charge in [0, 0.05) is 5.75 Å². The molecule has 0 aliphatic heterocycles. The summed E-state index contributed by atoms with van der Waals surface area (Å²) in [6.07, 6.45) is 1.58. The van der Waals surface area contributed by atoms with E-state index in [1.165, 1.54) is 29.2 Å². The number of halogens is 1. The SMILES string of the molecule is NC(=O)c1ncc(SCc2ccccc2F)s1. The Hall–Kier alpha value is -1.40. The number of carbonyl (C=O) groups is 1. The van der Waals surface area contributed by atoms with Crippen molar-refractivity contribution in [2.75, 3.05) is 0 Å². The van der Waals surface area contributed by atoms with Crippen LogP contribution in [0, 0.1) is 5.82 Å². The Bertz CT molecular complexity index is 542. The van der Waals surface area contributed by atoms with Crippen molar-refractivity contribution in [3.63, 3.8) is 0 Å². The molecule has 0 spiro atoms. The Morgan fingerprint density at radius 3 is 2.88 bits per heavy atom. The molecular formula is C11H9FN2OS2. The smallest absolute Gasteiger partial charge is 0.277 e. The number of hydrogen-bond donors (Lipinski definition) is 1. The molecule has 2 rings (SSSR count).